The largest absolute Gasteiger partial charge is 0.312 e. The monoisotopic (exact) mass is 322 g/mol. The van der Waals surface area contributed by atoms with Gasteiger partial charge in [0.15, 0.2) is 4.80 Å². The molecular formula is C19H18N2OS. The van der Waals surface area contributed by atoms with Crippen LogP contribution in [0.1, 0.15) is 21.5 Å². The fraction of sp³-hybridized carbons (Fsp3) is 0.158. The lowest BCUT2D eigenvalue weighted by Crippen LogP contribution is -2.16. The summed E-state index contributed by atoms with van der Waals surface area (Å²) in [7, 11) is 0. The van der Waals surface area contributed by atoms with Gasteiger partial charge in [-0.3, -0.25) is 4.79 Å². The SMILES string of the molecule is C=CCn1c(=NC(=O)c2ccc(C)cc2)sc2cc(C)ccc21. The van der Waals surface area contributed by atoms with Gasteiger partial charge in [-0.2, -0.15) is 4.99 Å². The van der Waals surface area contributed by atoms with Gasteiger partial charge in [0, 0.05) is 12.1 Å². The van der Waals surface area contributed by atoms with Crippen molar-refractivity contribution < 1.29 is 4.79 Å². The first-order chi connectivity index (χ1) is 11.1. The maximum absolute atomic E-state index is 12.4. The van der Waals surface area contributed by atoms with Crippen LogP contribution in [0.2, 0.25) is 0 Å². The molecule has 0 unspecified atom stereocenters. The highest BCUT2D eigenvalue weighted by atomic mass is 32.1. The van der Waals surface area contributed by atoms with E-state index in [4.69, 9.17) is 0 Å². The minimum absolute atomic E-state index is 0.217. The summed E-state index contributed by atoms with van der Waals surface area (Å²) >= 11 is 1.53. The number of aromatic nitrogens is 1. The maximum atomic E-state index is 12.4. The van der Waals surface area contributed by atoms with E-state index in [2.05, 4.69) is 36.7 Å². The van der Waals surface area contributed by atoms with Gasteiger partial charge >= 0.3 is 0 Å². The summed E-state index contributed by atoms with van der Waals surface area (Å²) in [5.74, 6) is -0.217. The van der Waals surface area contributed by atoms with Crippen molar-refractivity contribution in [3.63, 3.8) is 0 Å². The molecule has 1 amide bonds. The molecule has 0 spiro atoms. The number of thiazole rings is 1. The van der Waals surface area contributed by atoms with Crippen LogP contribution in [0.15, 0.2) is 60.1 Å². The van der Waals surface area contributed by atoms with Gasteiger partial charge < -0.3 is 4.57 Å². The number of nitrogens with zero attached hydrogens (tertiary/aromatic N) is 2. The third-order valence-electron chi connectivity index (χ3n) is 3.65. The molecule has 0 N–H and O–H groups in total. The van der Waals surface area contributed by atoms with Gasteiger partial charge in [-0.05, 0) is 43.7 Å². The van der Waals surface area contributed by atoms with Gasteiger partial charge in [0.05, 0.1) is 10.2 Å². The molecule has 0 aliphatic heterocycles. The lowest BCUT2D eigenvalue weighted by Gasteiger charge is -2.01. The molecule has 116 valence electrons. The van der Waals surface area contributed by atoms with Gasteiger partial charge in [-0.1, -0.05) is 41.2 Å². The molecule has 0 aliphatic carbocycles. The summed E-state index contributed by atoms with van der Waals surface area (Å²) < 4.78 is 3.15. The van der Waals surface area contributed by atoms with Crippen LogP contribution in [0.4, 0.5) is 0 Å². The zero-order chi connectivity index (χ0) is 16.4. The van der Waals surface area contributed by atoms with E-state index in [0.717, 1.165) is 15.8 Å². The minimum atomic E-state index is -0.217. The van der Waals surface area contributed by atoms with Crippen molar-refractivity contribution in [2.45, 2.75) is 20.4 Å². The molecule has 1 aromatic heterocycles. The molecule has 3 aromatic rings. The minimum Gasteiger partial charge on any atom is -0.312 e. The van der Waals surface area contributed by atoms with Crippen molar-refractivity contribution in [1.82, 2.24) is 4.57 Å². The average molecular weight is 322 g/mol. The van der Waals surface area contributed by atoms with Crippen LogP contribution in [0, 0.1) is 13.8 Å². The number of rotatable bonds is 3. The van der Waals surface area contributed by atoms with Gasteiger partial charge in [0.1, 0.15) is 0 Å². The van der Waals surface area contributed by atoms with E-state index in [9.17, 15) is 4.79 Å². The smallest absolute Gasteiger partial charge is 0.279 e. The zero-order valence-corrected chi connectivity index (χ0v) is 14.1. The van der Waals surface area contributed by atoms with Crippen LogP contribution in [-0.2, 0) is 6.54 Å². The van der Waals surface area contributed by atoms with Gasteiger partial charge in [-0.25, -0.2) is 0 Å². The van der Waals surface area contributed by atoms with E-state index in [0.29, 0.717) is 16.9 Å². The first-order valence-corrected chi connectivity index (χ1v) is 8.27. The van der Waals surface area contributed by atoms with Crippen LogP contribution in [0.5, 0.6) is 0 Å². The van der Waals surface area contributed by atoms with Gasteiger partial charge in [0.2, 0.25) is 0 Å². The van der Waals surface area contributed by atoms with Crippen LogP contribution in [0.25, 0.3) is 10.2 Å². The standard InChI is InChI=1S/C19H18N2OS/c1-4-11-21-16-10-7-14(3)12-17(16)23-19(21)20-18(22)15-8-5-13(2)6-9-15/h4-10,12H,1,11H2,2-3H3. The van der Waals surface area contributed by atoms with Crippen LogP contribution < -0.4 is 4.80 Å². The molecule has 3 nitrogen and oxygen atoms in total. The molecule has 2 aromatic carbocycles. The van der Waals surface area contributed by atoms with E-state index in [1.807, 2.05) is 41.8 Å². The predicted molar refractivity (Wildman–Crippen MR) is 95.8 cm³/mol. The summed E-state index contributed by atoms with van der Waals surface area (Å²) in [6.45, 7) is 8.49. The van der Waals surface area contributed by atoms with Gasteiger partial charge in [-0.15, -0.1) is 6.58 Å². The highest BCUT2D eigenvalue weighted by molar-refractivity contribution is 7.16. The van der Waals surface area contributed by atoms with Crippen molar-refractivity contribution in [2.75, 3.05) is 0 Å². The summed E-state index contributed by atoms with van der Waals surface area (Å²) in [5.41, 5.74) is 4.01. The molecule has 1 heterocycles. The lowest BCUT2D eigenvalue weighted by atomic mass is 10.1. The number of aryl methyl sites for hydroxylation is 2. The van der Waals surface area contributed by atoms with Crippen molar-refractivity contribution in [2.24, 2.45) is 4.99 Å². The van der Waals surface area contributed by atoms with E-state index in [1.54, 1.807) is 0 Å². The van der Waals surface area contributed by atoms with E-state index < -0.39 is 0 Å². The number of hydrogen-bond donors (Lipinski definition) is 0. The topological polar surface area (TPSA) is 34.4 Å². The van der Waals surface area contributed by atoms with Crippen molar-refractivity contribution in [3.8, 4) is 0 Å². The Morgan fingerprint density at radius 2 is 1.87 bits per heavy atom. The normalized spacial score (nSPS) is 11.8. The molecule has 23 heavy (non-hydrogen) atoms. The fourth-order valence-electron chi connectivity index (χ4n) is 2.42. The maximum Gasteiger partial charge on any atom is 0.279 e. The highest BCUT2D eigenvalue weighted by Gasteiger charge is 2.08. The lowest BCUT2D eigenvalue weighted by molar-refractivity contribution is 0.0998. The molecule has 0 saturated carbocycles. The van der Waals surface area contributed by atoms with E-state index in [1.165, 1.54) is 16.9 Å². The molecule has 0 aliphatic rings. The van der Waals surface area contributed by atoms with E-state index in [-0.39, 0.29) is 5.91 Å². The Labute approximate surface area is 139 Å². The summed E-state index contributed by atoms with van der Waals surface area (Å²) in [6.07, 6.45) is 1.82. The Bertz CT molecular complexity index is 946. The molecule has 4 heteroatoms. The Morgan fingerprint density at radius 1 is 1.17 bits per heavy atom. The zero-order valence-electron chi connectivity index (χ0n) is 13.2. The number of allylic oxidation sites excluding steroid dienone is 1. The van der Waals surface area contributed by atoms with Crippen molar-refractivity contribution in [3.05, 3.63) is 76.6 Å². The molecular weight excluding hydrogens is 304 g/mol. The molecule has 0 atom stereocenters. The highest BCUT2D eigenvalue weighted by Crippen LogP contribution is 2.19. The molecule has 0 fully saturated rings. The number of fused-ring (bicyclic) bond motifs is 1. The quantitative estimate of drug-likeness (QED) is 0.664. The van der Waals surface area contributed by atoms with E-state index >= 15 is 0 Å². The number of amides is 1. The Kier molecular flexibility index (Phi) is 4.26. The molecule has 0 bridgehead atoms. The second-order valence-electron chi connectivity index (χ2n) is 5.54. The van der Waals surface area contributed by atoms with Crippen LogP contribution >= 0.6 is 11.3 Å². The van der Waals surface area contributed by atoms with Crippen LogP contribution in [0.3, 0.4) is 0 Å². The second kappa shape index (κ2) is 6.34. The fourth-order valence-corrected chi connectivity index (χ4v) is 3.55. The first kappa shape index (κ1) is 15.4. The number of benzene rings is 2. The number of carbonyl (C=O) groups is 1. The number of carbonyl (C=O) groups excluding carboxylic acids is 1. The third kappa shape index (κ3) is 3.17. The molecule has 0 saturated heterocycles. The Morgan fingerprint density at radius 3 is 2.57 bits per heavy atom. The predicted octanol–water partition coefficient (Wildman–Crippen LogP) is 4.25. The third-order valence-corrected chi connectivity index (χ3v) is 4.69. The Balaban J connectivity index is 2.13. The first-order valence-electron chi connectivity index (χ1n) is 7.45. The van der Waals surface area contributed by atoms with Crippen LogP contribution in [-0.4, -0.2) is 10.5 Å². The van der Waals surface area contributed by atoms with Crippen molar-refractivity contribution in [1.29, 1.82) is 0 Å². The van der Waals surface area contributed by atoms with Gasteiger partial charge in [0.25, 0.3) is 5.91 Å². The van der Waals surface area contributed by atoms with Crippen molar-refractivity contribution >= 4 is 27.5 Å². The summed E-state index contributed by atoms with van der Waals surface area (Å²) in [4.78, 5) is 17.5. The number of hydrogen-bond acceptors (Lipinski definition) is 2. The summed E-state index contributed by atoms with van der Waals surface area (Å²) in [5, 5.41) is 0. The summed E-state index contributed by atoms with van der Waals surface area (Å²) in [6, 6.07) is 13.7. The Hall–Kier alpha value is -2.46. The average Bonchev–Trinajstić information content (AvgIpc) is 2.85. The molecule has 3 rings (SSSR count). The second-order valence-corrected chi connectivity index (χ2v) is 6.55. The molecule has 0 radical (unpaired) electrons.